The summed E-state index contributed by atoms with van der Waals surface area (Å²) in [6, 6.07) is 24.0. The number of carbonyl (C=O) groups excluding carboxylic acids is 1. The van der Waals surface area contributed by atoms with Gasteiger partial charge < -0.3 is 9.64 Å². The summed E-state index contributed by atoms with van der Waals surface area (Å²) in [4.78, 5) is 15.4. The van der Waals surface area contributed by atoms with Crippen molar-refractivity contribution in [3.63, 3.8) is 0 Å². The van der Waals surface area contributed by atoms with Crippen molar-refractivity contribution in [1.82, 2.24) is 9.21 Å². The van der Waals surface area contributed by atoms with Crippen LogP contribution < -0.4 is 4.74 Å². The number of ether oxygens (including phenoxy) is 1. The number of halogens is 1. The molecule has 0 radical (unpaired) electrons. The lowest BCUT2D eigenvalue weighted by molar-refractivity contribution is -0.134. The Balaban J connectivity index is 1.56. The van der Waals surface area contributed by atoms with Crippen LogP contribution in [0.1, 0.15) is 37.3 Å². The van der Waals surface area contributed by atoms with E-state index < -0.39 is 15.4 Å². The Morgan fingerprint density at radius 2 is 1.68 bits per heavy atom. The van der Waals surface area contributed by atoms with Crippen molar-refractivity contribution >= 4 is 27.5 Å². The highest BCUT2D eigenvalue weighted by molar-refractivity contribution is 7.89. The molecule has 0 unspecified atom stereocenters. The number of amides is 1. The normalized spacial score (nSPS) is 18.2. The van der Waals surface area contributed by atoms with Gasteiger partial charge in [0.15, 0.2) is 0 Å². The molecule has 1 fully saturated rings. The molecular weight excluding hydrogens is 520 g/mol. The number of hydrogen-bond donors (Lipinski definition) is 0. The third-order valence-corrected chi connectivity index (χ3v) is 9.28. The fourth-order valence-electron chi connectivity index (χ4n) is 4.90. The Labute approximate surface area is 231 Å². The predicted octanol–water partition coefficient (Wildman–Crippen LogP) is 5.80. The molecule has 202 valence electrons. The number of aryl methyl sites for hydroxylation is 1. The molecule has 38 heavy (non-hydrogen) atoms. The minimum atomic E-state index is -3.72. The van der Waals surface area contributed by atoms with Gasteiger partial charge >= 0.3 is 0 Å². The molecule has 1 aliphatic rings. The molecule has 3 aromatic carbocycles. The van der Waals surface area contributed by atoms with Crippen molar-refractivity contribution in [2.75, 3.05) is 26.7 Å². The first-order valence-corrected chi connectivity index (χ1v) is 14.8. The molecule has 4 rings (SSSR count). The second-order valence-electron chi connectivity index (χ2n) is 10.1. The standard InChI is InChI=1S/C30H35ClN2O4S/c1-3-24-10-16-28(17-11-24)38(35,36)33-19-7-18-30(22-33,23-37-27-14-12-26(31)13-15-27)20-29(34)32(2)21-25-8-5-4-6-9-25/h4-6,8-17H,3,7,18-23H2,1-2H3/t30-/m1/s1. The zero-order chi connectivity index (χ0) is 27.2. The second-order valence-corrected chi connectivity index (χ2v) is 12.5. The monoisotopic (exact) mass is 554 g/mol. The molecule has 1 heterocycles. The predicted molar refractivity (Wildman–Crippen MR) is 151 cm³/mol. The van der Waals surface area contributed by atoms with E-state index in [9.17, 15) is 13.2 Å². The molecule has 0 aliphatic carbocycles. The van der Waals surface area contributed by atoms with E-state index in [1.54, 1.807) is 48.3 Å². The summed E-state index contributed by atoms with van der Waals surface area (Å²) in [6.45, 7) is 3.37. The fourth-order valence-corrected chi connectivity index (χ4v) is 6.61. The van der Waals surface area contributed by atoms with E-state index in [0.717, 1.165) is 17.5 Å². The molecule has 0 spiro atoms. The maximum Gasteiger partial charge on any atom is 0.243 e. The van der Waals surface area contributed by atoms with Gasteiger partial charge in [-0.05, 0) is 66.8 Å². The number of hydrogen-bond acceptors (Lipinski definition) is 4. The van der Waals surface area contributed by atoms with E-state index in [0.29, 0.717) is 36.7 Å². The Hall–Kier alpha value is -2.87. The number of sulfonamides is 1. The largest absolute Gasteiger partial charge is 0.493 e. The summed E-state index contributed by atoms with van der Waals surface area (Å²) in [5.74, 6) is 0.592. The summed E-state index contributed by atoms with van der Waals surface area (Å²) in [5, 5.41) is 0.605. The van der Waals surface area contributed by atoms with Crippen LogP contribution in [0.2, 0.25) is 5.02 Å². The first-order valence-electron chi connectivity index (χ1n) is 13.0. The quantitative estimate of drug-likeness (QED) is 0.317. The SMILES string of the molecule is CCc1ccc(S(=O)(=O)N2CCC[C@@](COc3ccc(Cl)cc3)(CC(=O)N(C)Cc3ccccc3)C2)cc1. The number of piperidine rings is 1. The van der Waals surface area contributed by atoms with Crippen LogP contribution in [-0.2, 0) is 27.8 Å². The van der Waals surface area contributed by atoms with Gasteiger partial charge in [-0.15, -0.1) is 0 Å². The zero-order valence-corrected chi connectivity index (χ0v) is 23.5. The Morgan fingerprint density at radius 3 is 2.34 bits per heavy atom. The molecule has 6 nitrogen and oxygen atoms in total. The third-order valence-electron chi connectivity index (χ3n) is 7.17. The molecule has 1 atom stereocenters. The van der Waals surface area contributed by atoms with Gasteiger partial charge in [0.05, 0.1) is 11.5 Å². The van der Waals surface area contributed by atoms with E-state index >= 15 is 0 Å². The average Bonchev–Trinajstić information content (AvgIpc) is 2.93. The van der Waals surface area contributed by atoms with E-state index in [-0.39, 0.29) is 30.4 Å². The highest BCUT2D eigenvalue weighted by Crippen LogP contribution is 2.37. The summed E-state index contributed by atoms with van der Waals surface area (Å²) in [6.07, 6.45) is 2.36. The van der Waals surface area contributed by atoms with E-state index in [1.165, 1.54) is 4.31 Å². The Morgan fingerprint density at radius 1 is 1.00 bits per heavy atom. The first kappa shape index (κ1) is 28.1. The van der Waals surface area contributed by atoms with Gasteiger partial charge in [0.25, 0.3) is 0 Å². The third kappa shape index (κ3) is 6.95. The smallest absolute Gasteiger partial charge is 0.243 e. The molecule has 0 aromatic heterocycles. The maximum absolute atomic E-state index is 13.6. The molecule has 0 saturated carbocycles. The lowest BCUT2D eigenvalue weighted by Crippen LogP contribution is -2.50. The first-order chi connectivity index (χ1) is 18.2. The van der Waals surface area contributed by atoms with E-state index in [2.05, 4.69) is 0 Å². The molecule has 8 heteroatoms. The van der Waals surface area contributed by atoms with E-state index in [4.69, 9.17) is 16.3 Å². The number of rotatable bonds is 10. The van der Waals surface area contributed by atoms with Crippen LogP contribution in [0.5, 0.6) is 5.75 Å². The van der Waals surface area contributed by atoms with Gasteiger partial charge in [-0.1, -0.05) is 61.0 Å². The van der Waals surface area contributed by atoms with Crippen molar-refractivity contribution in [2.24, 2.45) is 5.41 Å². The van der Waals surface area contributed by atoms with Crippen molar-refractivity contribution in [3.8, 4) is 5.75 Å². The molecule has 1 saturated heterocycles. The number of carbonyl (C=O) groups is 1. The summed E-state index contributed by atoms with van der Waals surface area (Å²) < 4.78 is 34.9. The average molecular weight is 555 g/mol. The summed E-state index contributed by atoms with van der Waals surface area (Å²) >= 11 is 6.03. The van der Waals surface area contributed by atoms with Crippen LogP contribution in [-0.4, -0.2) is 50.3 Å². The van der Waals surface area contributed by atoms with Gasteiger partial charge in [0.2, 0.25) is 15.9 Å². The number of nitrogens with zero attached hydrogens (tertiary/aromatic N) is 2. The molecular formula is C30H35ClN2O4S. The van der Waals surface area contributed by atoms with Gasteiger partial charge in [-0.3, -0.25) is 4.79 Å². The number of benzene rings is 3. The highest BCUT2D eigenvalue weighted by Gasteiger charge is 2.43. The lowest BCUT2D eigenvalue weighted by Gasteiger charge is -2.42. The van der Waals surface area contributed by atoms with Crippen LogP contribution >= 0.6 is 11.6 Å². The minimum absolute atomic E-state index is 0.0416. The molecule has 0 N–H and O–H groups in total. The van der Waals surface area contributed by atoms with Crippen molar-refractivity contribution in [3.05, 3.63) is 95.0 Å². The van der Waals surface area contributed by atoms with Crippen LogP contribution in [0.3, 0.4) is 0 Å². The van der Waals surface area contributed by atoms with Gasteiger partial charge in [0, 0.05) is 43.5 Å². The van der Waals surface area contributed by atoms with Gasteiger partial charge in [-0.2, -0.15) is 4.31 Å². The summed E-state index contributed by atoms with van der Waals surface area (Å²) in [7, 11) is -1.93. The Bertz CT molecular complexity index is 1310. The molecule has 3 aromatic rings. The Kier molecular flexibility index (Phi) is 9.13. The van der Waals surface area contributed by atoms with E-state index in [1.807, 2.05) is 49.4 Å². The van der Waals surface area contributed by atoms with Crippen molar-refractivity contribution in [1.29, 1.82) is 0 Å². The van der Waals surface area contributed by atoms with Crippen LogP contribution in [0.4, 0.5) is 0 Å². The van der Waals surface area contributed by atoms with Gasteiger partial charge in [-0.25, -0.2) is 8.42 Å². The lowest BCUT2D eigenvalue weighted by atomic mass is 9.78. The molecule has 1 amide bonds. The summed E-state index contributed by atoms with van der Waals surface area (Å²) in [5.41, 5.74) is 1.45. The van der Waals surface area contributed by atoms with Crippen LogP contribution in [0.15, 0.2) is 83.8 Å². The maximum atomic E-state index is 13.6. The molecule has 1 aliphatic heterocycles. The highest BCUT2D eigenvalue weighted by atomic mass is 35.5. The fraction of sp³-hybridized carbons (Fsp3) is 0.367. The second kappa shape index (κ2) is 12.3. The van der Waals surface area contributed by atoms with Crippen LogP contribution in [0.25, 0.3) is 0 Å². The van der Waals surface area contributed by atoms with Crippen molar-refractivity contribution < 1.29 is 17.9 Å². The zero-order valence-electron chi connectivity index (χ0n) is 22.0. The van der Waals surface area contributed by atoms with Crippen molar-refractivity contribution in [2.45, 2.75) is 44.0 Å². The minimum Gasteiger partial charge on any atom is -0.493 e. The molecule has 0 bridgehead atoms. The topological polar surface area (TPSA) is 66.9 Å². The van der Waals surface area contributed by atoms with Gasteiger partial charge in [0.1, 0.15) is 5.75 Å². The van der Waals surface area contributed by atoms with Crippen LogP contribution in [0, 0.1) is 5.41 Å².